The fourth-order valence-corrected chi connectivity index (χ4v) is 10.1. The van der Waals surface area contributed by atoms with E-state index >= 15 is 0 Å². The van der Waals surface area contributed by atoms with E-state index in [1.807, 2.05) is 26.2 Å². The summed E-state index contributed by atoms with van der Waals surface area (Å²) in [5.74, 6) is 0.420. The van der Waals surface area contributed by atoms with Gasteiger partial charge in [0.15, 0.2) is 0 Å². The van der Waals surface area contributed by atoms with Crippen molar-refractivity contribution in [1.82, 2.24) is 14.5 Å². The van der Waals surface area contributed by atoms with E-state index in [0.717, 1.165) is 75.7 Å². The molecule has 1 saturated heterocycles. The predicted molar refractivity (Wildman–Crippen MR) is 207 cm³/mol. The molecule has 3 aliphatic heterocycles. The van der Waals surface area contributed by atoms with Gasteiger partial charge in [0.2, 0.25) is 10.0 Å². The lowest BCUT2D eigenvalue weighted by atomic mass is 9.63. The molecule has 3 heterocycles. The maximum absolute atomic E-state index is 13.6. The zero-order chi connectivity index (χ0) is 37.0. The molecule has 52 heavy (non-hydrogen) atoms. The second kappa shape index (κ2) is 16.8. The molecule has 2 aromatic rings. The second-order valence-corrected chi connectivity index (χ2v) is 17.9. The SMILES string of the molecule is CCCc1cc(Cl)ccc1C1COc2ccc3cc2N(C1)CC1CCC1C(CN1CCN(CCO)CC1)(OC)/C=C/CC(C)C(C)S(=O)(=O)NC3=O. The third kappa shape index (κ3) is 8.50. The maximum Gasteiger partial charge on any atom is 0.264 e. The van der Waals surface area contributed by atoms with Crippen LogP contribution in [-0.2, 0) is 21.2 Å². The number of benzene rings is 2. The highest BCUT2D eigenvalue weighted by Crippen LogP contribution is 2.47. The summed E-state index contributed by atoms with van der Waals surface area (Å²) in [7, 11) is -2.14. The Morgan fingerprint density at radius 1 is 1.06 bits per heavy atom. The number of ether oxygens (including phenoxy) is 2. The van der Waals surface area contributed by atoms with E-state index in [2.05, 4.69) is 50.6 Å². The monoisotopic (exact) mass is 756 g/mol. The molecular formula is C40H57ClN4O6S. The fraction of sp³-hybridized carbons (Fsp3) is 0.625. The van der Waals surface area contributed by atoms with Crippen LogP contribution in [-0.4, -0.2) is 113 Å². The molecule has 10 nitrogen and oxygen atoms in total. The van der Waals surface area contributed by atoms with E-state index in [0.29, 0.717) is 37.8 Å². The van der Waals surface area contributed by atoms with Gasteiger partial charge in [-0.25, -0.2) is 13.1 Å². The molecule has 0 radical (unpaired) electrons. The summed E-state index contributed by atoms with van der Waals surface area (Å²) in [6, 6.07) is 11.4. The number of rotatable bonds is 8. The Bertz CT molecular complexity index is 1700. The standard InChI is InChI=1S/C40H57ClN4O6S/c1-5-7-30-22-34(41)11-12-35(30)33-25-45-24-32-9-13-36(32)40(50-4,27-44-18-16-43(17-19-44)20-21-46)15-6-8-28(2)29(3)52(48,49)42-39(47)31-10-14-38(51-26-33)37(45)23-31/h6,10-12,14-15,22-23,28-29,32-33,36,46H,5,7-9,13,16-21,24-27H2,1-4H3,(H,42,47)/b15-6+. The number of piperazine rings is 1. The Hall–Kier alpha value is -2.67. The first-order valence-electron chi connectivity index (χ1n) is 19.1. The highest BCUT2D eigenvalue weighted by molar-refractivity contribution is 7.90. The van der Waals surface area contributed by atoms with Crippen LogP contribution in [0.25, 0.3) is 0 Å². The van der Waals surface area contributed by atoms with Crippen molar-refractivity contribution >= 4 is 33.2 Å². The molecule has 2 N–H and O–H groups in total. The number of β-amino-alcohol motifs (C(OH)–C–C–N with tert-alkyl or cyclic N) is 1. The third-order valence-electron chi connectivity index (χ3n) is 12.2. The number of nitrogens with zero attached hydrogens (tertiary/aromatic N) is 3. The first kappa shape index (κ1) is 39.0. The Kier molecular flexibility index (Phi) is 12.6. The number of aliphatic hydroxyl groups is 1. The summed E-state index contributed by atoms with van der Waals surface area (Å²) in [4.78, 5) is 20.7. The lowest BCUT2D eigenvalue weighted by Crippen LogP contribution is -2.58. The minimum absolute atomic E-state index is 0.0534. The van der Waals surface area contributed by atoms with Crippen LogP contribution in [0.3, 0.4) is 0 Å². The summed E-state index contributed by atoms with van der Waals surface area (Å²) in [6.45, 7) is 12.8. The van der Waals surface area contributed by atoms with Crippen molar-refractivity contribution in [3.8, 4) is 5.75 Å². The summed E-state index contributed by atoms with van der Waals surface area (Å²) in [5.41, 5.74) is 2.97. The van der Waals surface area contributed by atoms with Gasteiger partial charge in [-0.15, -0.1) is 0 Å². The van der Waals surface area contributed by atoms with Crippen molar-refractivity contribution < 1.29 is 27.8 Å². The van der Waals surface area contributed by atoms with Gasteiger partial charge < -0.3 is 19.5 Å². The molecule has 6 atom stereocenters. The number of allylic oxidation sites excluding steroid dienone is 1. The van der Waals surface area contributed by atoms with Crippen LogP contribution in [0.4, 0.5) is 5.69 Å². The highest BCUT2D eigenvalue weighted by Gasteiger charge is 2.48. The number of carbonyl (C=O) groups excluding carboxylic acids is 1. The number of hydrogen-bond donors (Lipinski definition) is 2. The van der Waals surface area contributed by atoms with Crippen LogP contribution in [0.5, 0.6) is 5.75 Å². The third-order valence-corrected chi connectivity index (χ3v) is 14.3. The normalized spacial score (nSPS) is 30.7. The summed E-state index contributed by atoms with van der Waals surface area (Å²) in [6.07, 6.45) is 8.85. The minimum Gasteiger partial charge on any atom is -0.491 e. The molecule has 6 rings (SSSR count). The molecule has 1 saturated carbocycles. The van der Waals surface area contributed by atoms with Crippen molar-refractivity contribution in [1.29, 1.82) is 0 Å². The molecule has 6 unspecified atom stereocenters. The molecular weight excluding hydrogens is 700 g/mol. The number of halogens is 1. The predicted octanol–water partition coefficient (Wildman–Crippen LogP) is 5.34. The van der Waals surface area contributed by atoms with Crippen molar-refractivity contribution in [3.63, 3.8) is 0 Å². The van der Waals surface area contributed by atoms with Crippen molar-refractivity contribution in [2.45, 2.75) is 69.6 Å². The molecule has 286 valence electrons. The van der Waals surface area contributed by atoms with E-state index in [1.54, 1.807) is 19.1 Å². The number of amides is 1. The van der Waals surface area contributed by atoms with E-state index in [-0.39, 0.29) is 29.9 Å². The summed E-state index contributed by atoms with van der Waals surface area (Å²) < 4.78 is 42.6. The van der Waals surface area contributed by atoms with Gasteiger partial charge in [0.05, 0.1) is 24.2 Å². The van der Waals surface area contributed by atoms with Crippen LogP contribution in [0, 0.1) is 17.8 Å². The van der Waals surface area contributed by atoms with Gasteiger partial charge in [-0.05, 0) is 91.8 Å². The quantitative estimate of drug-likeness (QED) is 0.345. The smallest absolute Gasteiger partial charge is 0.264 e. The average Bonchev–Trinajstić information content (AvgIpc) is 3.29. The Morgan fingerprint density at radius 3 is 2.52 bits per heavy atom. The number of methoxy groups -OCH3 is 1. The fourth-order valence-electron chi connectivity index (χ4n) is 8.67. The van der Waals surface area contributed by atoms with Gasteiger partial charge in [-0.1, -0.05) is 50.1 Å². The Labute approximate surface area is 315 Å². The maximum atomic E-state index is 13.6. The zero-order valence-corrected chi connectivity index (χ0v) is 32.8. The molecule has 2 bridgehead atoms. The number of aliphatic hydroxyl groups excluding tert-OH is 1. The van der Waals surface area contributed by atoms with E-state index in [1.165, 1.54) is 11.1 Å². The molecule has 0 spiro atoms. The number of aryl methyl sites for hydroxylation is 1. The molecule has 0 aromatic heterocycles. The number of nitrogens with one attached hydrogen (secondary N) is 1. The van der Waals surface area contributed by atoms with Crippen molar-refractivity contribution in [2.24, 2.45) is 17.8 Å². The second-order valence-electron chi connectivity index (χ2n) is 15.4. The lowest BCUT2D eigenvalue weighted by Gasteiger charge is -2.52. The van der Waals surface area contributed by atoms with Gasteiger partial charge in [0, 0.05) is 76.0 Å². The van der Waals surface area contributed by atoms with Crippen LogP contribution in [0.15, 0.2) is 48.6 Å². The first-order valence-corrected chi connectivity index (χ1v) is 21.0. The molecule has 1 amide bonds. The van der Waals surface area contributed by atoms with Crippen LogP contribution in [0.2, 0.25) is 5.02 Å². The summed E-state index contributed by atoms with van der Waals surface area (Å²) in [5, 5.41) is 9.43. The Morgan fingerprint density at radius 2 is 1.83 bits per heavy atom. The average molecular weight is 757 g/mol. The van der Waals surface area contributed by atoms with Gasteiger partial charge >= 0.3 is 0 Å². The number of sulfonamides is 1. The molecule has 4 aliphatic rings. The van der Waals surface area contributed by atoms with E-state index < -0.39 is 26.8 Å². The van der Waals surface area contributed by atoms with E-state index in [4.69, 9.17) is 21.1 Å². The van der Waals surface area contributed by atoms with Crippen LogP contribution < -0.4 is 14.4 Å². The molecule has 2 aromatic carbocycles. The van der Waals surface area contributed by atoms with Crippen LogP contribution >= 0.6 is 11.6 Å². The lowest BCUT2D eigenvalue weighted by molar-refractivity contribution is -0.0955. The molecule has 2 fully saturated rings. The number of carbonyl (C=O) groups is 1. The Balaban J connectivity index is 1.39. The van der Waals surface area contributed by atoms with Gasteiger partial charge in [0.1, 0.15) is 11.4 Å². The highest BCUT2D eigenvalue weighted by atomic mass is 35.5. The zero-order valence-electron chi connectivity index (χ0n) is 31.2. The number of anilines is 1. The minimum atomic E-state index is -3.96. The van der Waals surface area contributed by atoms with Gasteiger partial charge in [-0.3, -0.25) is 14.6 Å². The first-order chi connectivity index (χ1) is 25.0. The van der Waals surface area contributed by atoms with E-state index in [9.17, 15) is 18.3 Å². The van der Waals surface area contributed by atoms with Gasteiger partial charge in [0.25, 0.3) is 5.91 Å². The number of hydrogen-bond acceptors (Lipinski definition) is 9. The van der Waals surface area contributed by atoms with Crippen molar-refractivity contribution in [3.05, 3.63) is 70.3 Å². The topological polar surface area (TPSA) is 112 Å². The molecule has 12 heteroatoms. The molecule has 1 aliphatic carbocycles. The van der Waals surface area contributed by atoms with Crippen molar-refractivity contribution in [2.75, 3.05) is 77.6 Å². The largest absolute Gasteiger partial charge is 0.491 e. The number of fused-ring (bicyclic) bond motifs is 2. The van der Waals surface area contributed by atoms with Gasteiger partial charge in [-0.2, -0.15) is 0 Å². The summed E-state index contributed by atoms with van der Waals surface area (Å²) >= 11 is 6.48. The van der Waals surface area contributed by atoms with Crippen LogP contribution in [0.1, 0.15) is 73.9 Å².